The van der Waals surface area contributed by atoms with Gasteiger partial charge in [-0.3, -0.25) is 5.32 Å². The monoisotopic (exact) mass is 366 g/mol. The smallest absolute Gasteiger partial charge is 0.410 e. The van der Waals surface area contributed by atoms with Gasteiger partial charge in [0.2, 0.25) is 0 Å². The Balaban J connectivity index is 1.48. The van der Waals surface area contributed by atoms with Gasteiger partial charge in [-0.05, 0) is 53.8 Å². The second-order valence-electron chi connectivity index (χ2n) is 7.97. The molecular weight excluding hydrogens is 340 g/mol. The minimum Gasteiger partial charge on any atom is -0.410 e. The molecule has 2 aliphatic rings. The summed E-state index contributed by atoms with van der Waals surface area (Å²) in [5, 5.41) is 2.79. The number of fused-ring (bicyclic) bond motifs is 3. The first-order valence-electron chi connectivity index (χ1n) is 9.46. The summed E-state index contributed by atoms with van der Waals surface area (Å²) in [6.45, 7) is 7.25. The quantitative estimate of drug-likeness (QED) is 0.841. The normalized spacial score (nSPS) is 23.3. The first-order chi connectivity index (χ1) is 12.9. The molecule has 2 aromatic rings. The van der Waals surface area contributed by atoms with Crippen molar-refractivity contribution in [3.05, 3.63) is 53.6 Å². The molecule has 0 radical (unpaired) electrons. The van der Waals surface area contributed by atoms with Gasteiger partial charge in [0.15, 0.2) is 0 Å². The summed E-state index contributed by atoms with van der Waals surface area (Å²) >= 11 is 0. The van der Waals surface area contributed by atoms with Crippen molar-refractivity contribution in [1.82, 2.24) is 0 Å². The molecule has 2 aliphatic heterocycles. The fraction of sp³-hybridized carbons (Fsp3) is 0.409. The molecule has 2 atom stereocenters. The summed E-state index contributed by atoms with van der Waals surface area (Å²) in [4.78, 5) is 14.5. The van der Waals surface area contributed by atoms with Crippen LogP contribution in [0.2, 0.25) is 0 Å². The molecule has 0 aliphatic carbocycles. The van der Waals surface area contributed by atoms with Gasteiger partial charge in [0.1, 0.15) is 12.0 Å². The lowest BCUT2D eigenvalue weighted by molar-refractivity contribution is 0.0920. The van der Waals surface area contributed by atoms with E-state index in [1.165, 1.54) is 11.1 Å². The molecule has 1 fully saturated rings. The van der Waals surface area contributed by atoms with E-state index in [0.29, 0.717) is 11.7 Å². The molecule has 1 unspecified atom stereocenters. The summed E-state index contributed by atoms with van der Waals surface area (Å²) < 4.78 is 11.4. The van der Waals surface area contributed by atoms with Gasteiger partial charge in [-0.25, -0.2) is 4.79 Å². The van der Waals surface area contributed by atoms with E-state index >= 15 is 0 Å². The van der Waals surface area contributed by atoms with E-state index in [-0.39, 0.29) is 11.6 Å². The number of carbonyl (C=O) groups is 1. The summed E-state index contributed by atoms with van der Waals surface area (Å²) in [5.74, 6) is 1.01. The van der Waals surface area contributed by atoms with E-state index < -0.39 is 6.09 Å². The molecule has 0 spiro atoms. The number of nitrogens with one attached hydrogen (secondary N) is 1. The largest absolute Gasteiger partial charge is 0.417 e. The topological polar surface area (TPSA) is 50.8 Å². The van der Waals surface area contributed by atoms with E-state index in [4.69, 9.17) is 9.47 Å². The number of hydrogen-bond donors (Lipinski definition) is 1. The van der Waals surface area contributed by atoms with Crippen molar-refractivity contribution < 1.29 is 14.3 Å². The van der Waals surface area contributed by atoms with Gasteiger partial charge >= 0.3 is 6.09 Å². The van der Waals surface area contributed by atoms with Crippen LogP contribution in [-0.2, 0) is 10.2 Å². The zero-order valence-electron chi connectivity index (χ0n) is 16.3. The second kappa shape index (κ2) is 6.57. The molecule has 0 bridgehead atoms. The van der Waals surface area contributed by atoms with Crippen LogP contribution in [0.25, 0.3) is 0 Å². The predicted octanol–water partition coefficient (Wildman–Crippen LogP) is 4.87. The van der Waals surface area contributed by atoms with Crippen LogP contribution in [0.15, 0.2) is 42.5 Å². The van der Waals surface area contributed by atoms with Crippen LogP contribution in [-0.4, -0.2) is 26.0 Å². The molecule has 142 valence electrons. The lowest BCUT2D eigenvalue weighted by atomic mass is 9.82. The lowest BCUT2D eigenvalue weighted by Gasteiger charge is -2.26. The van der Waals surface area contributed by atoms with Crippen molar-refractivity contribution in [1.29, 1.82) is 0 Å². The molecule has 4 rings (SSSR count). The van der Waals surface area contributed by atoms with Gasteiger partial charge in [-0.15, -0.1) is 0 Å². The molecule has 1 amide bonds. The standard InChI is InChI=1S/C22H26N2O3/c1-14(2)15-5-7-16(8-6-15)23-21(25)27-17-9-10-19-18(13-17)22(3)11-12-26-20(22)24(19)4/h5-10,13-14,20H,11-12H2,1-4H3,(H,23,25)/t20?,22-/m1/s1. The molecule has 5 heteroatoms. The summed E-state index contributed by atoms with van der Waals surface area (Å²) in [5.41, 5.74) is 4.21. The molecule has 0 saturated carbocycles. The minimum atomic E-state index is -0.483. The Hall–Kier alpha value is -2.53. The first kappa shape index (κ1) is 17.9. The highest BCUT2D eigenvalue weighted by molar-refractivity contribution is 5.86. The van der Waals surface area contributed by atoms with Crippen LogP contribution in [0.1, 0.15) is 44.2 Å². The van der Waals surface area contributed by atoms with Crippen LogP contribution < -0.4 is 15.0 Å². The Bertz CT molecular complexity index is 862. The van der Waals surface area contributed by atoms with Gasteiger partial charge in [0.05, 0.1) is 6.61 Å². The summed E-state index contributed by atoms with van der Waals surface area (Å²) in [6, 6.07) is 13.6. The van der Waals surface area contributed by atoms with E-state index in [1.54, 1.807) is 0 Å². The van der Waals surface area contributed by atoms with Crippen LogP contribution in [0.5, 0.6) is 5.75 Å². The second-order valence-corrected chi connectivity index (χ2v) is 7.97. The van der Waals surface area contributed by atoms with Crippen LogP contribution in [0.3, 0.4) is 0 Å². The van der Waals surface area contributed by atoms with E-state index in [2.05, 4.69) is 31.0 Å². The summed E-state index contributed by atoms with van der Waals surface area (Å²) in [7, 11) is 2.05. The Kier molecular flexibility index (Phi) is 4.35. The van der Waals surface area contributed by atoms with Crippen LogP contribution >= 0.6 is 0 Å². The molecule has 2 heterocycles. The van der Waals surface area contributed by atoms with Crippen molar-refractivity contribution in [2.24, 2.45) is 0 Å². The molecule has 27 heavy (non-hydrogen) atoms. The Morgan fingerprint density at radius 1 is 1.26 bits per heavy atom. The number of hydrogen-bond acceptors (Lipinski definition) is 4. The number of nitrogens with zero attached hydrogens (tertiary/aromatic N) is 1. The molecular formula is C22H26N2O3. The van der Waals surface area contributed by atoms with E-state index in [9.17, 15) is 4.79 Å². The number of benzene rings is 2. The van der Waals surface area contributed by atoms with E-state index in [1.807, 2.05) is 49.5 Å². The highest BCUT2D eigenvalue weighted by Gasteiger charge is 2.50. The van der Waals surface area contributed by atoms with Gasteiger partial charge < -0.3 is 14.4 Å². The molecule has 1 saturated heterocycles. The van der Waals surface area contributed by atoms with Gasteiger partial charge in [0, 0.05) is 23.8 Å². The maximum Gasteiger partial charge on any atom is 0.417 e. The zero-order valence-corrected chi connectivity index (χ0v) is 16.3. The SMILES string of the molecule is CC(C)c1ccc(NC(=O)Oc2ccc3c(c2)[C@@]2(C)CCOC2N3C)cc1. The summed E-state index contributed by atoms with van der Waals surface area (Å²) in [6.07, 6.45) is 0.534. The van der Waals surface area contributed by atoms with Crippen molar-refractivity contribution in [3.8, 4) is 5.75 Å². The number of ether oxygens (including phenoxy) is 2. The minimum absolute atomic E-state index is 0.0519. The fourth-order valence-corrected chi connectivity index (χ4v) is 4.17. The molecule has 1 N–H and O–H groups in total. The fourth-order valence-electron chi connectivity index (χ4n) is 4.17. The van der Waals surface area contributed by atoms with Crippen LogP contribution in [0, 0.1) is 0 Å². The van der Waals surface area contributed by atoms with Gasteiger partial charge in [-0.2, -0.15) is 0 Å². The number of anilines is 2. The lowest BCUT2D eigenvalue weighted by Crippen LogP contribution is -2.37. The van der Waals surface area contributed by atoms with Crippen molar-refractivity contribution >= 4 is 17.5 Å². The third-order valence-electron chi connectivity index (χ3n) is 5.79. The Morgan fingerprint density at radius 3 is 2.70 bits per heavy atom. The average molecular weight is 366 g/mol. The Morgan fingerprint density at radius 2 is 2.00 bits per heavy atom. The first-order valence-corrected chi connectivity index (χ1v) is 9.46. The van der Waals surface area contributed by atoms with E-state index in [0.717, 1.165) is 24.4 Å². The molecule has 5 nitrogen and oxygen atoms in total. The third kappa shape index (κ3) is 3.06. The number of carbonyl (C=O) groups excluding carboxylic acids is 1. The highest BCUT2D eigenvalue weighted by atomic mass is 16.6. The highest BCUT2D eigenvalue weighted by Crippen LogP contribution is 2.51. The van der Waals surface area contributed by atoms with Crippen molar-refractivity contribution in [2.75, 3.05) is 23.9 Å². The molecule has 2 aromatic carbocycles. The third-order valence-corrected chi connectivity index (χ3v) is 5.79. The predicted molar refractivity (Wildman–Crippen MR) is 107 cm³/mol. The zero-order chi connectivity index (χ0) is 19.2. The number of likely N-dealkylation sites (N-methyl/N-ethyl adjacent to an activating group) is 1. The van der Waals surface area contributed by atoms with Crippen molar-refractivity contribution in [3.63, 3.8) is 0 Å². The number of rotatable bonds is 3. The van der Waals surface area contributed by atoms with Crippen molar-refractivity contribution in [2.45, 2.75) is 44.8 Å². The average Bonchev–Trinajstić information content (AvgIpc) is 3.12. The number of amides is 1. The van der Waals surface area contributed by atoms with Gasteiger partial charge in [0.25, 0.3) is 0 Å². The molecule has 0 aromatic heterocycles. The van der Waals surface area contributed by atoms with Crippen LogP contribution in [0.4, 0.5) is 16.2 Å². The maximum atomic E-state index is 12.3. The maximum absolute atomic E-state index is 12.3. The Labute approximate surface area is 160 Å². The van der Waals surface area contributed by atoms with Gasteiger partial charge in [-0.1, -0.05) is 32.9 Å².